The lowest BCUT2D eigenvalue weighted by Gasteiger charge is -2.31. The molecule has 9 rings (SSSR count). The summed E-state index contributed by atoms with van der Waals surface area (Å²) in [5, 5.41) is 2.55. The van der Waals surface area contributed by atoms with Crippen LogP contribution < -0.4 is 4.90 Å². The van der Waals surface area contributed by atoms with Crippen LogP contribution in [0, 0.1) is 0 Å². The number of allylic oxidation sites excluding steroid dienone is 4. The van der Waals surface area contributed by atoms with Crippen molar-refractivity contribution in [3.8, 4) is 16.8 Å². The van der Waals surface area contributed by atoms with Crippen molar-refractivity contribution in [3.05, 3.63) is 198 Å². The number of anilines is 2. The molecular formula is C49H42N2. The second-order valence-corrected chi connectivity index (χ2v) is 15.1. The quantitative estimate of drug-likeness (QED) is 0.183. The second kappa shape index (κ2) is 11.6. The van der Waals surface area contributed by atoms with Gasteiger partial charge in [0, 0.05) is 44.4 Å². The number of para-hydroxylation sites is 3. The fourth-order valence-electron chi connectivity index (χ4n) is 8.55. The molecule has 0 saturated heterocycles. The molecule has 7 aromatic rings. The van der Waals surface area contributed by atoms with Crippen molar-refractivity contribution < 1.29 is 0 Å². The van der Waals surface area contributed by atoms with E-state index in [4.69, 9.17) is 6.58 Å². The van der Waals surface area contributed by atoms with Crippen LogP contribution in [0.5, 0.6) is 0 Å². The van der Waals surface area contributed by atoms with Crippen LogP contribution in [0.3, 0.4) is 0 Å². The Hall–Kier alpha value is -5.86. The van der Waals surface area contributed by atoms with Gasteiger partial charge < -0.3 is 9.47 Å². The Labute approximate surface area is 301 Å². The van der Waals surface area contributed by atoms with Gasteiger partial charge in [-0.15, -0.1) is 0 Å². The Morgan fingerprint density at radius 3 is 2.06 bits per heavy atom. The predicted octanol–water partition coefficient (Wildman–Crippen LogP) is 12.8. The molecule has 0 amide bonds. The fourth-order valence-corrected chi connectivity index (χ4v) is 8.55. The first-order valence-corrected chi connectivity index (χ1v) is 18.0. The Balaban J connectivity index is 1.20. The molecule has 2 nitrogen and oxygen atoms in total. The third-order valence-electron chi connectivity index (χ3n) is 11.4. The van der Waals surface area contributed by atoms with E-state index in [0.717, 1.165) is 29.1 Å². The standard InChI is InChI=1S/C49H42N2/c1-33-29-37(50(35-18-8-6-9-19-35)38-27-28-40-39-23-12-14-25-43(39)49(4,5)45(40)31-38)22-16-17-34-30-42-41-24-13-15-26-46(41)51(36-20-10-7-11-21-36)47(42)32-44(34)48(33,2)3/h6-16,18-32H,1,17H2,2-5H3/b22-16-,37-29+. The minimum atomic E-state index is -0.331. The first-order chi connectivity index (χ1) is 24.7. The summed E-state index contributed by atoms with van der Waals surface area (Å²) in [6.45, 7) is 14.2. The molecule has 0 saturated carbocycles. The van der Waals surface area contributed by atoms with Gasteiger partial charge in [0.25, 0.3) is 0 Å². The minimum Gasteiger partial charge on any atom is -0.310 e. The molecule has 0 spiro atoms. The third kappa shape index (κ3) is 4.85. The maximum atomic E-state index is 4.80. The van der Waals surface area contributed by atoms with Crippen LogP contribution in [0.4, 0.5) is 11.4 Å². The monoisotopic (exact) mass is 658 g/mol. The van der Waals surface area contributed by atoms with Gasteiger partial charge in [0.15, 0.2) is 0 Å². The fraction of sp³-hybridized carbons (Fsp3) is 0.143. The summed E-state index contributed by atoms with van der Waals surface area (Å²) in [5.41, 5.74) is 15.7. The van der Waals surface area contributed by atoms with Crippen LogP contribution in [0.25, 0.3) is 38.6 Å². The maximum Gasteiger partial charge on any atom is 0.0544 e. The predicted molar refractivity (Wildman–Crippen MR) is 216 cm³/mol. The van der Waals surface area contributed by atoms with Gasteiger partial charge in [-0.25, -0.2) is 0 Å². The molecule has 2 heteroatoms. The number of rotatable bonds is 4. The molecule has 6 aromatic carbocycles. The van der Waals surface area contributed by atoms with Crippen LogP contribution in [-0.4, -0.2) is 4.57 Å². The molecule has 1 heterocycles. The van der Waals surface area contributed by atoms with Crippen LogP contribution in [0.2, 0.25) is 0 Å². The maximum absolute atomic E-state index is 4.80. The molecule has 0 N–H and O–H groups in total. The van der Waals surface area contributed by atoms with Crippen molar-refractivity contribution in [3.63, 3.8) is 0 Å². The van der Waals surface area contributed by atoms with E-state index in [1.54, 1.807) is 0 Å². The van der Waals surface area contributed by atoms with Gasteiger partial charge in [-0.2, -0.15) is 0 Å². The van der Waals surface area contributed by atoms with E-state index >= 15 is 0 Å². The molecular weight excluding hydrogens is 617 g/mol. The average molecular weight is 659 g/mol. The van der Waals surface area contributed by atoms with Gasteiger partial charge in [-0.1, -0.05) is 125 Å². The van der Waals surface area contributed by atoms with Crippen LogP contribution in [0.15, 0.2) is 176 Å². The Morgan fingerprint density at radius 2 is 1.25 bits per heavy atom. The van der Waals surface area contributed by atoms with Gasteiger partial charge in [-0.05, 0) is 112 Å². The van der Waals surface area contributed by atoms with Gasteiger partial charge in [0.2, 0.25) is 0 Å². The first kappa shape index (κ1) is 31.1. The summed E-state index contributed by atoms with van der Waals surface area (Å²) in [4.78, 5) is 2.40. The molecule has 2 aliphatic carbocycles. The van der Waals surface area contributed by atoms with Gasteiger partial charge >= 0.3 is 0 Å². The molecule has 0 atom stereocenters. The third-order valence-corrected chi connectivity index (χ3v) is 11.4. The van der Waals surface area contributed by atoms with E-state index in [1.165, 1.54) is 60.9 Å². The van der Waals surface area contributed by atoms with E-state index in [2.05, 4.69) is 195 Å². The minimum absolute atomic E-state index is 0.0905. The normalized spacial score (nSPS) is 17.4. The van der Waals surface area contributed by atoms with Crippen molar-refractivity contribution >= 4 is 33.2 Å². The lowest BCUT2D eigenvalue weighted by molar-refractivity contribution is 0.635. The molecule has 2 aliphatic rings. The highest BCUT2D eigenvalue weighted by Crippen LogP contribution is 2.50. The second-order valence-electron chi connectivity index (χ2n) is 15.1. The molecule has 248 valence electrons. The summed E-state index contributed by atoms with van der Waals surface area (Å²) in [6.07, 6.45) is 7.76. The zero-order valence-electron chi connectivity index (χ0n) is 29.8. The summed E-state index contributed by atoms with van der Waals surface area (Å²) in [6, 6.07) is 51.0. The summed E-state index contributed by atoms with van der Waals surface area (Å²) in [7, 11) is 0. The topological polar surface area (TPSA) is 8.17 Å². The molecule has 51 heavy (non-hydrogen) atoms. The Kier molecular flexibility index (Phi) is 7.09. The summed E-state index contributed by atoms with van der Waals surface area (Å²) < 4.78 is 2.41. The largest absolute Gasteiger partial charge is 0.310 e. The number of hydrogen-bond acceptors (Lipinski definition) is 1. The van der Waals surface area contributed by atoms with Crippen molar-refractivity contribution in [2.24, 2.45) is 0 Å². The Bertz CT molecular complexity index is 2560. The number of benzene rings is 6. The van der Waals surface area contributed by atoms with Crippen molar-refractivity contribution in [2.75, 3.05) is 4.90 Å². The highest BCUT2D eigenvalue weighted by Gasteiger charge is 2.36. The van der Waals surface area contributed by atoms with Crippen molar-refractivity contribution in [1.82, 2.24) is 4.57 Å². The highest BCUT2D eigenvalue weighted by atomic mass is 15.1. The van der Waals surface area contributed by atoms with Crippen molar-refractivity contribution in [1.29, 1.82) is 0 Å². The van der Waals surface area contributed by atoms with Crippen LogP contribution in [0.1, 0.15) is 49.9 Å². The van der Waals surface area contributed by atoms with Crippen LogP contribution in [-0.2, 0) is 17.3 Å². The van der Waals surface area contributed by atoms with E-state index in [0.29, 0.717) is 0 Å². The number of fused-ring (bicyclic) bond motifs is 7. The van der Waals surface area contributed by atoms with Crippen molar-refractivity contribution in [2.45, 2.75) is 44.9 Å². The first-order valence-electron chi connectivity index (χ1n) is 18.0. The smallest absolute Gasteiger partial charge is 0.0544 e. The average Bonchev–Trinajstić information content (AvgIpc) is 3.60. The lowest BCUT2D eigenvalue weighted by Crippen LogP contribution is -2.22. The highest BCUT2D eigenvalue weighted by molar-refractivity contribution is 6.10. The molecule has 0 radical (unpaired) electrons. The van der Waals surface area contributed by atoms with Gasteiger partial charge in [-0.3, -0.25) is 0 Å². The zero-order chi connectivity index (χ0) is 34.9. The summed E-state index contributed by atoms with van der Waals surface area (Å²) in [5.74, 6) is 0. The van der Waals surface area contributed by atoms with E-state index in [9.17, 15) is 0 Å². The molecule has 0 aliphatic heterocycles. The molecule has 0 fully saturated rings. The number of nitrogens with zero attached hydrogens (tertiary/aromatic N) is 2. The molecule has 0 unspecified atom stereocenters. The van der Waals surface area contributed by atoms with E-state index in [1.807, 2.05) is 0 Å². The number of hydrogen-bond donors (Lipinski definition) is 0. The van der Waals surface area contributed by atoms with E-state index < -0.39 is 0 Å². The summed E-state index contributed by atoms with van der Waals surface area (Å²) >= 11 is 0. The van der Waals surface area contributed by atoms with Crippen LogP contribution >= 0.6 is 0 Å². The number of aromatic nitrogens is 1. The lowest BCUT2D eigenvalue weighted by atomic mass is 9.75. The zero-order valence-corrected chi connectivity index (χ0v) is 29.8. The molecule has 1 aromatic heterocycles. The SMILES string of the molecule is C=C1/C=C(N(c2ccccc2)c2ccc3c(c2)C(C)(C)c2ccccc2-3)\C=C/Cc2cc3c4ccccc4n(-c4ccccc4)c3cc2C1(C)C. The Morgan fingerprint density at radius 1 is 0.569 bits per heavy atom. The van der Waals surface area contributed by atoms with Gasteiger partial charge in [0.05, 0.1) is 11.0 Å². The van der Waals surface area contributed by atoms with E-state index in [-0.39, 0.29) is 10.8 Å². The van der Waals surface area contributed by atoms with Gasteiger partial charge in [0.1, 0.15) is 0 Å². The molecule has 0 bridgehead atoms.